The molecule has 1 saturated heterocycles. The third kappa shape index (κ3) is 3.02. The van der Waals surface area contributed by atoms with Gasteiger partial charge in [0, 0.05) is 18.2 Å². The summed E-state index contributed by atoms with van der Waals surface area (Å²) in [7, 11) is 0. The van der Waals surface area contributed by atoms with E-state index in [0.717, 1.165) is 19.4 Å². The van der Waals surface area contributed by atoms with Crippen molar-refractivity contribution in [2.75, 3.05) is 13.2 Å². The quantitative estimate of drug-likeness (QED) is 0.838. The summed E-state index contributed by atoms with van der Waals surface area (Å²) in [5, 5.41) is 8.81. The van der Waals surface area contributed by atoms with Crippen LogP contribution >= 0.6 is 0 Å². The van der Waals surface area contributed by atoms with Gasteiger partial charge in [0.05, 0.1) is 5.56 Å². The van der Waals surface area contributed by atoms with Gasteiger partial charge in [-0.2, -0.15) is 0 Å². The normalized spacial score (nSPS) is 18.0. The second-order valence-corrected chi connectivity index (χ2v) is 5.46. The summed E-state index contributed by atoms with van der Waals surface area (Å²) >= 11 is 0. The number of benzene rings is 1. The van der Waals surface area contributed by atoms with Crippen LogP contribution < -0.4 is 0 Å². The summed E-state index contributed by atoms with van der Waals surface area (Å²) in [6.45, 7) is 4.95. The van der Waals surface area contributed by atoms with Gasteiger partial charge >= 0.3 is 0 Å². The smallest absolute Gasteiger partial charge is 0.255 e. The zero-order valence-corrected chi connectivity index (χ0v) is 12.1. The van der Waals surface area contributed by atoms with Crippen LogP contribution in [0.2, 0.25) is 0 Å². The van der Waals surface area contributed by atoms with Crippen LogP contribution in [-0.2, 0) is 0 Å². The summed E-state index contributed by atoms with van der Waals surface area (Å²) < 4.78 is 0. The van der Waals surface area contributed by atoms with Crippen LogP contribution in [0.3, 0.4) is 0 Å². The van der Waals surface area contributed by atoms with Gasteiger partial charge in [-0.3, -0.25) is 4.79 Å². The summed E-state index contributed by atoms with van der Waals surface area (Å²) in [4.78, 5) is 14.7. The van der Waals surface area contributed by atoms with Gasteiger partial charge in [-0.1, -0.05) is 37.8 Å². The van der Waals surface area contributed by atoms with E-state index in [1.807, 2.05) is 29.2 Å². The third-order valence-electron chi connectivity index (χ3n) is 3.79. The number of aliphatic hydroxyl groups is 1. The lowest BCUT2D eigenvalue weighted by atomic mass is 10.0. The number of aliphatic hydroxyl groups excluding tert-OH is 1. The van der Waals surface area contributed by atoms with Crippen LogP contribution in [0.5, 0.6) is 0 Å². The second kappa shape index (κ2) is 6.58. The number of likely N-dealkylation sites (tertiary alicyclic amines) is 1. The first-order valence-electron chi connectivity index (χ1n) is 7.15. The summed E-state index contributed by atoms with van der Waals surface area (Å²) in [6.07, 6.45) is 2.15. The largest absolute Gasteiger partial charge is 0.384 e. The number of carbonyl (C=O) groups is 1. The predicted molar refractivity (Wildman–Crippen MR) is 79.3 cm³/mol. The van der Waals surface area contributed by atoms with Gasteiger partial charge in [0.25, 0.3) is 5.91 Å². The van der Waals surface area contributed by atoms with Crippen molar-refractivity contribution >= 4 is 5.91 Å². The molecular weight excluding hydrogens is 250 g/mol. The molecule has 1 N–H and O–H groups in total. The van der Waals surface area contributed by atoms with Gasteiger partial charge < -0.3 is 10.0 Å². The average molecular weight is 271 g/mol. The number of nitrogens with zero attached hydrogens (tertiary/aromatic N) is 1. The Kier molecular flexibility index (Phi) is 4.81. The van der Waals surface area contributed by atoms with Crippen molar-refractivity contribution in [1.82, 2.24) is 4.90 Å². The molecular formula is C17H21NO2. The molecule has 3 nitrogen and oxygen atoms in total. The van der Waals surface area contributed by atoms with Crippen LogP contribution in [0.15, 0.2) is 24.3 Å². The highest BCUT2D eigenvalue weighted by Crippen LogP contribution is 2.26. The van der Waals surface area contributed by atoms with E-state index < -0.39 is 0 Å². The molecule has 1 unspecified atom stereocenters. The van der Waals surface area contributed by atoms with Gasteiger partial charge in [-0.15, -0.1) is 0 Å². The molecule has 1 atom stereocenters. The molecule has 106 valence electrons. The summed E-state index contributed by atoms with van der Waals surface area (Å²) in [5.74, 6) is 6.01. The van der Waals surface area contributed by atoms with E-state index in [1.54, 1.807) is 0 Å². The average Bonchev–Trinajstić information content (AvgIpc) is 2.94. The summed E-state index contributed by atoms with van der Waals surface area (Å²) in [5.41, 5.74) is 1.34. The number of hydrogen-bond acceptors (Lipinski definition) is 2. The molecule has 0 aliphatic carbocycles. The molecule has 1 aliphatic rings. The second-order valence-electron chi connectivity index (χ2n) is 5.46. The number of carbonyl (C=O) groups excluding carboxylic acids is 1. The molecule has 2 rings (SSSR count). The van der Waals surface area contributed by atoms with E-state index in [1.165, 1.54) is 0 Å². The molecule has 0 saturated carbocycles. The van der Waals surface area contributed by atoms with Crippen molar-refractivity contribution in [3.05, 3.63) is 35.4 Å². The van der Waals surface area contributed by atoms with Gasteiger partial charge in [-0.25, -0.2) is 0 Å². The van der Waals surface area contributed by atoms with Crippen molar-refractivity contribution in [3.63, 3.8) is 0 Å². The molecule has 20 heavy (non-hydrogen) atoms. The Hall–Kier alpha value is -1.79. The molecule has 1 heterocycles. The van der Waals surface area contributed by atoms with Crippen LogP contribution in [0.25, 0.3) is 0 Å². The van der Waals surface area contributed by atoms with Crippen molar-refractivity contribution in [2.45, 2.75) is 32.7 Å². The topological polar surface area (TPSA) is 40.5 Å². The molecule has 1 aromatic rings. The molecule has 1 aromatic carbocycles. The fraction of sp³-hybridized carbons (Fsp3) is 0.471. The molecule has 0 bridgehead atoms. The van der Waals surface area contributed by atoms with Gasteiger partial charge in [-0.05, 0) is 30.9 Å². The fourth-order valence-electron chi connectivity index (χ4n) is 2.81. The van der Waals surface area contributed by atoms with Crippen molar-refractivity contribution < 1.29 is 9.90 Å². The highest BCUT2D eigenvalue weighted by Gasteiger charge is 2.31. The molecule has 1 fully saturated rings. The Morgan fingerprint density at radius 1 is 1.45 bits per heavy atom. The van der Waals surface area contributed by atoms with E-state index in [4.69, 9.17) is 5.11 Å². The first-order valence-corrected chi connectivity index (χ1v) is 7.15. The van der Waals surface area contributed by atoms with E-state index in [9.17, 15) is 4.79 Å². The van der Waals surface area contributed by atoms with Gasteiger partial charge in [0.1, 0.15) is 6.61 Å². The molecule has 1 aliphatic heterocycles. The molecule has 1 amide bonds. The zero-order chi connectivity index (χ0) is 14.5. The number of hydrogen-bond donors (Lipinski definition) is 1. The van der Waals surface area contributed by atoms with E-state index in [2.05, 4.69) is 25.7 Å². The van der Waals surface area contributed by atoms with Gasteiger partial charge in [0.2, 0.25) is 0 Å². The van der Waals surface area contributed by atoms with Crippen molar-refractivity contribution in [3.8, 4) is 11.8 Å². The standard InChI is InChI=1S/C17H21NO2/c1-13(2)16-10-5-11-18(16)17(20)15-9-4-3-7-14(15)8-6-12-19/h3-4,7,9,13,16,19H,5,10-12H2,1-2H3. The van der Waals surface area contributed by atoms with Crippen LogP contribution in [0, 0.1) is 17.8 Å². The minimum absolute atomic E-state index is 0.0593. The lowest BCUT2D eigenvalue weighted by Gasteiger charge is -2.28. The maximum absolute atomic E-state index is 12.7. The Morgan fingerprint density at radius 3 is 2.90 bits per heavy atom. The SMILES string of the molecule is CC(C)C1CCCN1C(=O)c1ccccc1C#CCO. The van der Waals surface area contributed by atoms with E-state index in [0.29, 0.717) is 23.1 Å². The minimum atomic E-state index is -0.194. The Labute approximate surface area is 120 Å². The minimum Gasteiger partial charge on any atom is -0.384 e. The fourth-order valence-corrected chi connectivity index (χ4v) is 2.81. The molecule has 0 spiro atoms. The Bertz CT molecular complexity index is 539. The maximum atomic E-state index is 12.7. The number of amides is 1. The van der Waals surface area contributed by atoms with Crippen LogP contribution in [0.1, 0.15) is 42.6 Å². The predicted octanol–water partition coefficient (Wildman–Crippen LogP) is 2.29. The van der Waals surface area contributed by atoms with E-state index >= 15 is 0 Å². The highest BCUT2D eigenvalue weighted by molar-refractivity contribution is 5.97. The Balaban J connectivity index is 2.29. The maximum Gasteiger partial charge on any atom is 0.255 e. The first-order chi connectivity index (χ1) is 9.65. The summed E-state index contributed by atoms with van der Waals surface area (Å²) in [6, 6.07) is 7.69. The van der Waals surface area contributed by atoms with Crippen molar-refractivity contribution in [1.29, 1.82) is 0 Å². The molecule has 3 heteroatoms. The molecule has 0 aromatic heterocycles. The Morgan fingerprint density at radius 2 is 2.20 bits per heavy atom. The van der Waals surface area contributed by atoms with E-state index in [-0.39, 0.29) is 12.5 Å². The molecule has 0 radical (unpaired) electrons. The van der Waals surface area contributed by atoms with Crippen LogP contribution in [0.4, 0.5) is 0 Å². The first kappa shape index (κ1) is 14.6. The monoisotopic (exact) mass is 271 g/mol. The highest BCUT2D eigenvalue weighted by atomic mass is 16.2. The van der Waals surface area contributed by atoms with Crippen LogP contribution in [-0.4, -0.2) is 35.1 Å². The van der Waals surface area contributed by atoms with Gasteiger partial charge in [0.15, 0.2) is 0 Å². The lowest BCUT2D eigenvalue weighted by molar-refractivity contribution is 0.0701. The lowest BCUT2D eigenvalue weighted by Crippen LogP contribution is -2.38. The number of rotatable bonds is 2. The van der Waals surface area contributed by atoms with Crippen molar-refractivity contribution in [2.24, 2.45) is 5.92 Å². The zero-order valence-electron chi connectivity index (χ0n) is 12.1. The third-order valence-corrected chi connectivity index (χ3v) is 3.79.